The van der Waals surface area contributed by atoms with Crippen molar-refractivity contribution in [1.82, 2.24) is 14.8 Å². The van der Waals surface area contributed by atoms with Crippen molar-refractivity contribution in [2.75, 3.05) is 20.1 Å². The van der Waals surface area contributed by atoms with E-state index < -0.39 is 0 Å². The van der Waals surface area contributed by atoms with Gasteiger partial charge in [-0.3, -0.25) is 9.69 Å². The van der Waals surface area contributed by atoms with Crippen molar-refractivity contribution in [1.29, 1.82) is 0 Å². The number of likely N-dealkylation sites (N-methyl/N-ethyl adjacent to an activating group) is 1. The zero-order valence-corrected chi connectivity index (χ0v) is 13.4. The van der Waals surface area contributed by atoms with Crippen LogP contribution in [0.25, 0.3) is 10.2 Å². The first-order valence-electron chi connectivity index (χ1n) is 6.65. The third-order valence-electron chi connectivity index (χ3n) is 3.94. The number of aryl methyl sites for hydroxylation is 1. The highest BCUT2D eigenvalue weighted by molar-refractivity contribution is 7.16. The van der Waals surface area contributed by atoms with Gasteiger partial charge in [-0.15, -0.1) is 12.4 Å². The molecule has 6 heteroatoms. The molecular weight excluding hydrogens is 294 g/mol. The molecule has 1 N–H and O–H groups in total. The fourth-order valence-electron chi connectivity index (χ4n) is 2.75. The maximum absolute atomic E-state index is 11.6. The SMILES string of the molecule is CNC1CCN(Cc2ccc3c(c2)sc(=O)n3C)C1.Cl. The van der Waals surface area contributed by atoms with E-state index >= 15 is 0 Å². The molecular formula is C14H20ClN3OS. The van der Waals surface area contributed by atoms with E-state index in [4.69, 9.17) is 0 Å². The van der Waals surface area contributed by atoms with Crippen LogP contribution in [0.3, 0.4) is 0 Å². The van der Waals surface area contributed by atoms with E-state index in [1.165, 1.54) is 23.3 Å². The number of aromatic nitrogens is 1. The molecule has 2 aromatic rings. The Bertz CT molecular complexity index is 651. The van der Waals surface area contributed by atoms with Crippen molar-refractivity contribution >= 4 is 34.0 Å². The number of likely N-dealkylation sites (tertiary alicyclic amines) is 1. The lowest BCUT2D eigenvalue weighted by molar-refractivity contribution is 0.322. The number of benzene rings is 1. The topological polar surface area (TPSA) is 37.3 Å². The number of nitrogens with one attached hydrogen (secondary N) is 1. The predicted molar refractivity (Wildman–Crippen MR) is 87.1 cm³/mol. The van der Waals surface area contributed by atoms with E-state index in [1.54, 1.807) is 4.57 Å². The van der Waals surface area contributed by atoms with Crippen molar-refractivity contribution in [3.05, 3.63) is 33.4 Å². The van der Waals surface area contributed by atoms with Gasteiger partial charge in [-0.2, -0.15) is 0 Å². The maximum Gasteiger partial charge on any atom is 0.307 e. The number of nitrogens with zero attached hydrogens (tertiary/aromatic N) is 2. The fraction of sp³-hybridized carbons (Fsp3) is 0.500. The normalized spacial score (nSPS) is 19.4. The molecule has 1 aromatic heterocycles. The first-order chi connectivity index (χ1) is 9.17. The fourth-order valence-corrected chi connectivity index (χ4v) is 3.69. The molecule has 4 nitrogen and oxygen atoms in total. The summed E-state index contributed by atoms with van der Waals surface area (Å²) in [5.74, 6) is 0. The Hall–Kier alpha value is -0.880. The lowest BCUT2D eigenvalue weighted by atomic mass is 10.2. The maximum atomic E-state index is 11.6. The molecule has 0 saturated carbocycles. The van der Waals surface area contributed by atoms with Gasteiger partial charge < -0.3 is 9.88 Å². The average molecular weight is 314 g/mol. The van der Waals surface area contributed by atoms with E-state index in [1.807, 2.05) is 14.1 Å². The molecule has 0 amide bonds. The summed E-state index contributed by atoms with van der Waals surface area (Å²) in [5.41, 5.74) is 2.33. The molecule has 1 atom stereocenters. The zero-order chi connectivity index (χ0) is 13.4. The highest BCUT2D eigenvalue weighted by Gasteiger charge is 2.20. The van der Waals surface area contributed by atoms with Crippen LogP contribution in [0.2, 0.25) is 0 Å². The van der Waals surface area contributed by atoms with Gasteiger partial charge in [0.05, 0.1) is 10.2 Å². The van der Waals surface area contributed by atoms with Crippen LogP contribution in [-0.2, 0) is 13.6 Å². The lowest BCUT2D eigenvalue weighted by Gasteiger charge is -2.15. The summed E-state index contributed by atoms with van der Waals surface area (Å²) in [6, 6.07) is 6.99. The van der Waals surface area contributed by atoms with Crippen LogP contribution < -0.4 is 10.2 Å². The van der Waals surface area contributed by atoms with Crippen LogP contribution in [0.5, 0.6) is 0 Å². The molecule has 0 bridgehead atoms. The number of rotatable bonds is 3. The summed E-state index contributed by atoms with van der Waals surface area (Å²) in [6.07, 6.45) is 1.22. The quantitative estimate of drug-likeness (QED) is 0.939. The monoisotopic (exact) mass is 313 g/mol. The summed E-state index contributed by atoms with van der Waals surface area (Å²) in [4.78, 5) is 14.2. The zero-order valence-electron chi connectivity index (χ0n) is 11.8. The highest BCUT2D eigenvalue weighted by atomic mass is 35.5. The molecule has 0 aliphatic carbocycles. The van der Waals surface area contributed by atoms with Crippen LogP contribution in [0.4, 0.5) is 0 Å². The summed E-state index contributed by atoms with van der Waals surface area (Å²) < 4.78 is 2.81. The van der Waals surface area contributed by atoms with E-state index in [9.17, 15) is 4.79 Å². The van der Waals surface area contributed by atoms with Crippen molar-refractivity contribution in [2.45, 2.75) is 19.0 Å². The van der Waals surface area contributed by atoms with Crippen molar-refractivity contribution in [2.24, 2.45) is 7.05 Å². The second-order valence-corrected chi connectivity index (χ2v) is 6.23. The molecule has 2 heterocycles. The van der Waals surface area contributed by atoms with Crippen LogP contribution in [-0.4, -0.2) is 35.6 Å². The van der Waals surface area contributed by atoms with Gasteiger partial charge in [0.1, 0.15) is 0 Å². The molecule has 1 aliphatic heterocycles. The number of thiazole rings is 1. The Labute approximate surface area is 128 Å². The molecule has 3 rings (SSSR count). The van der Waals surface area contributed by atoms with Crippen LogP contribution in [0.15, 0.2) is 23.0 Å². The van der Waals surface area contributed by atoms with Crippen molar-refractivity contribution in [3.8, 4) is 0 Å². The Balaban J connectivity index is 0.00000147. The van der Waals surface area contributed by atoms with Crippen LogP contribution in [0.1, 0.15) is 12.0 Å². The third-order valence-corrected chi connectivity index (χ3v) is 4.94. The van der Waals surface area contributed by atoms with Gasteiger partial charge in [-0.25, -0.2) is 0 Å². The molecule has 1 unspecified atom stereocenters. The van der Waals surface area contributed by atoms with E-state index in [-0.39, 0.29) is 17.3 Å². The summed E-state index contributed by atoms with van der Waals surface area (Å²) in [6.45, 7) is 3.23. The Morgan fingerprint density at radius 1 is 1.45 bits per heavy atom. The number of hydrogen-bond donors (Lipinski definition) is 1. The average Bonchev–Trinajstić information content (AvgIpc) is 2.96. The number of fused-ring (bicyclic) bond motifs is 1. The first kappa shape index (κ1) is 15.5. The minimum absolute atomic E-state index is 0. The minimum Gasteiger partial charge on any atom is -0.316 e. The summed E-state index contributed by atoms with van der Waals surface area (Å²) in [7, 11) is 3.86. The number of hydrogen-bond acceptors (Lipinski definition) is 4. The lowest BCUT2D eigenvalue weighted by Crippen LogP contribution is -2.29. The first-order valence-corrected chi connectivity index (χ1v) is 7.47. The molecule has 1 aliphatic rings. The van der Waals surface area contributed by atoms with Gasteiger partial charge in [0.15, 0.2) is 0 Å². The summed E-state index contributed by atoms with van der Waals surface area (Å²) >= 11 is 1.33. The third kappa shape index (κ3) is 2.91. The molecule has 1 saturated heterocycles. The standard InChI is InChI=1S/C14H19N3OS.ClH/c1-15-11-5-6-17(9-11)8-10-3-4-12-13(7-10)19-14(18)16(12)2;/h3-4,7,11,15H,5-6,8-9H2,1-2H3;1H. The summed E-state index contributed by atoms with van der Waals surface area (Å²) in [5, 5.41) is 3.34. The Morgan fingerprint density at radius 2 is 2.25 bits per heavy atom. The van der Waals surface area contributed by atoms with Crippen LogP contribution in [0, 0.1) is 0 Å². The van der Waals surface area contributed by atoms with E-state index in [0.29, 0.717) is 6.04 Å². The largest absolute Gasteiger partial charge is 0.316 e. The molecule has 0 radical (unpaired) electrons. The van der Waals surface area contributed by atoms with Crippen molar-refractivity contribution in [3.63, 3.8) is 0 Å². The molecule has 20 heavy (non-hydrogen) atoms. The molecule has 1 aromatic carbocycles. The van der Waals surface area contributed by atoms with Gasteiger partial charge in [0.25, 0.3) is 0 Å². The van der Waals surface area contributed by atoms with E-state index in [2.05, 4.69) is 28.4 Å². The predicted octanol–water partition coefficient (Wildman–Crippen LogP) is 1.82. The van der Waals surface area contributed by atoms with Gasteiger partial charge >= 0.3 is 4.87 Å². The molecule has 1 fully saturated rings. The van der Waals surface area contributed by atoms with Gasteiger partial charge in [-0.1, -0.05) is 17.4 Å². The van der Waals surface area contributed by atoms with Gasteiger partial charge in [0, 0.05) is 32.7 Å². The Morgan fingerprint density at radius 3 is 2.95 bits per heavy atom. The van der Waals surface area contributed by atoms with E-state index in [0.717, 1.165) is 29.9 Å². The molecule has 110 valence electrons. The smallest absolute Gasteiger partial charge is 0.307 e. The second-order valence-electron chi connectivity index (χ2n) is 5.24. The molecule has 0 spiro atoms. The van der Waals surface area contributed by atoms with Gasteiger partial charge in [0.2, 0.25) is 0 Å². The Kier molecular flexibility index (Phi) is 4.86. The minimum atomic E-state index is 0. The highest BCUT2D eigenvalue weighted by Crippen LogP contribution is 2.20. The van der Waals surface area contributed by atoms with Gasteiger partial charge in [-0.05, 0) is 31.2 Å². The van der Waals surface area contributed by atoms with Crippen molar-refractivity contribution < 1.29 is 0 Å². The second kappa shape index (κ2) is 6.26. The van der Waals surface area contributed by atoms with Crippen LogP contribution >= 0.6 is 23.7 Å². The number of halogens is 1.